The standard InChI is InChI=1S/C38H61ClN4O5/c1-21-19-26(37(2,3)4)32(27(20-21)38(5,6)7)48-34(45)29-28(22-11-15-24(39)16-12-22)31(43-33(29)40-35(47-10)41-36(43)46)30(42(8)9)23-13-17-25(44)18-14-23/h21-27,30,32,44H,11-20H2,1-10H3,(H,40,41,46). The number of fused-ring (bicyclic) bond motifs is 1. The largest absolute Gasteiger partial charge is 0.468 e. The summed E-state index contributed by atoms with van der Waals surface area (Å²) in [5, 5.41) is 10.5. The number of aromatic nitrogens is 3. The van der Waals surface area contributed by atoms with E-state index in [9.17, 15) is 9.90 Å². The maximum absolute atomic E-state index is 15.1. The first kappa shape index (κ1) is 37.2. The van der Waals surface area contributed by atoms with E-state index >= 15 is 4.79 Å². The minimum Gasteiger partial charge on any atom is -0.468 e. The van der Waals surface area contributed by atoms with Gasteiger partial charge in [0.1, 0.15) is 11.7 Å². The van der Waals surface area contributed by atoms with Gasteiger partial charge < -0.3 is 19.5 Å². The van der Waals surface area contributed by atoms with Crippen LogP contribution in [0.1, 0.15) is 146 Å². The van der Waals surface area contributed by atoms with E-state index in [2.05, 4.69) is 58.4 Å². The van der Waals surface area contributed by atoms with Crippen LogP contribution in [0.3, 0.4) is 0 Å². The maximum Gasteiger partial charge on any atom is 0.342 e. The number of alkyl halides is 1. The molecule has 3 saturated carbocycles. The molecule has 2 aromatic heterocycles. The van der Waals surface area contributed by atoms with Crippen LogP contribution in [0.25, 0.3) is 5.65 Å². The molecular formula is C38H61ClN4O5. The lowest BCUT2D eigenvalue weighted by atomic mass is 9.59. The number of hydrogen-bond acceptors (Lipinski definition) is 7. The highest BCUT2D eigenvalue weighted by molar-refractivity contribution is 6.20. The van der Waals surface area contributed by atoms with Crippen LogP contribution in [0.15, 0.2) is 4.79 Å². The number of aliphatic hydroxyl groups is 1. The Kier molecular flexibility index (Phi) is 11.0. The van der Waals surface area contributed by atoms with E-state index in [0.717, 1.165) is 62.6 Å². The van der Waals surface area contributed by atoms with Crippen molar-refractivity contribution in [3.05, 3.63) is 27.3 Å². The third-order valence-electron chi connectivity index (χ3n) is 11.9. The number of carbonyl (C=O) groups is 1. The fourth-order valence-electron chi connectivity index (χ4n) is 9.38. The van der Waals surface area contributed by atoms with E-state index in [1.807, 2.05) is 14.1 Å². The number of methoxy groups -OCH3 is 1. The van der Waals surface area contributed by atoms with Crippen molar-refractivity contribution < 1.29 is 19.4 Å². The number of nitrogens with one attached hydrogen (secondary N) is 1. The smallest absolute Gasteiger partial charge is 0.342 e. The van der Waals surface area contributed by atoms with Gasteiger partial charge in [-0.25, -0.2) is 14.0 Å². The zero-order chi connectivity index (χ0) is 35.3. The Balaban J connectivity index is 1.75. The lowest BCUT2D eigenvalue weighted by Gasteiger charge is -2.50. The third-order valence-corrected chi connectivity index (χ3v) is 12.3. The van der Waals surface area contributed by atoms with Gasteiger partial charge in [0.25, 0.3) is 6.01 Å². The predicted molar refractivity (Wildman–Crippen MR) is 191 cm³/mol. The number of esters is 1. The summed E-state index contributed by atoms with van der Waals surface area (Å²) in [6.45, 7) is 15.9. The van der Waals surface area contributed by atoms with E-state index in [1.54, 1.807) is 4.40 Å². The molecule has 3 atom stereocenters. The highest BCUT2D eigenvalue weighted by Gasteiger charge is 2.49. The van der Waals surface area contributed by atoms with Crippen LogP contribution in [0.4, 0.5) is 0 Å². The summed E-state index contributed by atoms with van der Waals surface area (Å²) >= 11 is 6.65. The molecule has 0 saturated heterocycles. The van der Waals surface area contributed by atoms with Crippen molar-refractivity contribution in [1.82, 2.24) is 19.3 Å². The highest BCUT2D eigenvalue weighted by atomic mass is 35.5. The maximum atomic E-state index is 15.1. The Morgan fingerprint density at radius 2 is 1.54 bits per heavy atom. The number of ether oxygens (including phenoxy) is 2. The summed E-state index contributed by atoms with van der Waals surface area (Å²) in [7, 11) is 5.56. The molecule has 0 bridgehead atoms. The SMILES string of the molecule is COc1nc2c(C(=O)OC3C(C(C)(C)C)CC(C)CC3C(C)(C)C)c(C3CCC(Cl)CC3)c(C(C3CCC(O)CC3)N(C)C)n2c(=O)[nH]1. The van der Waals surface area contributed by atoms with Crippen LogP contribution in [0.5, 0.6) is 6.01 Å². The van der Waals surface area contributed by atoms with Gasteiger partial charge in [0.15, 0.2) is 5.65 Å². The number of nitrogens with zero attached hydrogens (tertiary/aromatic N) is 3. The molecule has 3 fully saturated rings. The first-order valence-corrected chi connectivity index (χ1v) is 18.8. The first-order valence-electron chi connectivity index (χ1n) is 18.3. The molecule has 2 aromatic rings. The van der Waals surface area contributed by atoms with Crippen molar-refractivity contribution in [3.8, 4) is 6.01 Å². The van der Waals surface area contributed by atoms with E-state index in [1.165, 1.54) is 7.11 Å². The number of H-pyrrole nitrogens is 1. The molecule has 3 aliphatic carbocycles. The summed E-state index contributed by atoms with van der Waals surface area (Å²) in [5.74, 6) is 0.673. The second kappa shape index (κ2) is 14.3. The Morgan fingerprint density at radius 3 is 2.04 bits per heavy atom. The zero-order valence-electron chi connectivity index (χ0n) is 31.1. The van der Waals surface area contributed by atoms with Crippen molar-refractivity contribution in [2.45, 2.75) is 142 Å². The van der Waals surface area contributed by atoms with E-state index in [0.29, 0.717) is 30.0 Å². The quantitative estimate of drug-likeness (QED) is 0.226. The average molecular weight is 689 g/mol. The minimum absolute atomic E-state index is 0.0180. The monoisotopic (exact) mass is 688 g/mol. The molecule has 2 heterocycles. The van der Waals surface area contributed by atoms with Gasteiger partial charge in [-0.1, -0.05) is 48.5 Å². The van der Waals surface area contributed by atoms with Gasteiger partial charge in [0.2, 0.25) is 0 Å². The number of halogens is 1. The lowest BCUT2D eigenvalue weighted by Crippen LogP contribution is -2.49. The highest BCUT2D eigenvalue weighted by Crippen LogP contribution is 2.51. The van der Waals surface area contributed by atoms with Gasteiger partial charge in [-0.05, 0) is 112 Å². The number of aliphatic hydroxyl groups excluding tert-OH is 1. The second-order valence-electron chi connectivity index (χ2n) is 17.7. The summed E-state index contributed by atoms with van der Waals surface area (Å²) in [6.07, 6.45) is 7.76. The van der Waals surface area contributed by atoms with E-state index in [4.69, 9.17) is 26.1 Å². The fourth-order valence-corrected chi connectivity index (χ4v) is 9.63. The van der Waals surface area contributed by atoms with Crippen molar-refractivity contribution in [2.75, 3.05) is 21.2 Å². The van der Waals surface area contributed by atoms with Crippen LogP contribution >= 0.6 is 11.6 Å². The summed E-state index contributed by atoms with van der Waals surface area (Å²) in [4.78, 5) is 39.0. The normalized spacial score (nSPS) is 31.2. The Labute approximate surface area is 292 Å². The number of hydrogen-bond donors (Lipinski definition) is 2. The lowest BCUT2D eigenvalue weighted by molar-refractivity contribution is -0.0923. The summed E-state index contributed by atoms with van der Waals surface area (Å²) in [5.41, 5.74) is 1.86. The van der Waals surface area contributed by atoms with Crippen LogP contribution in [0.2, 0.25) is 0 Å². The van der Waals surface area contributed by atoms with Gasteiger partial charge in [-0.2, -0.15) is 4.98 Å². The molecule has 5 rings (SSSR count). The molecule has 0 aliphatic heterocycles. The molecular weight excluding hydrogens is 628 g/mol. The predicted octanol–water partition coefficient (Wildman–Crippen LogP) is 7.73. The zero-order valence-corrected chi connectivity index (χ0v) is 31.8. The molecule has 0 amide bonds. The van der Waals surface area contributed by atoms with Gasteiger partial charge in [-0.3, -0.25) is 4.98 Å². The van der Waals surface area contributed by atoms with E-state index < -0.39 is 5.97 Å². The molecule has 0 aromatic carbocycles. The van der Waals surface area contributed by atoms with Gasteiger partial charge in [0, 0.05) is 17.2 Å². The molecule has 2 N–H and O–H groups in total. The van der Waals surface area contributed by atoms with Crippen LogP contribution in [-0.2, 0) is 4.74 Å². The Bertz CT molecular complexity index is 1460. The van der Waals surface area contributed by atoms with Crippen molar-refractivity contribution in [1.29, 1.82) is 0 Å². The Hall–Kier alpha value is -2.10. The second-order valence-corrected chi connectivity index (χ2v) is 18.3. The molecule has 0 spiro atoms. The van der Waals surface area contributed by atoms with Gasteiger partial charge in [0.05, 0.1) is 24.9 Å². The first-order chi connectivity index (χ1) is 22.4. The van der Waals surface area contributed by atoms with Crippen LogP contribution in [0, 0.1) is 34.5 Å². The molecule has 10 heteroatoms. The minimum atomic E-state index is -0.401. The van der Waals surface area contributed by atoms with E-state index in [-0.39, 0.29) is 69.8 Å². The number of carbonyl (C=O) groups excluding carboxylic acids is 1. The Morgan fingerprint density at radius 1 is 0.979 bits per heavy atom. The van der Waals surface area contributed by atoms with Crippen molar-refractivity contribution in [3.63, 3.8) is 0 Å². The molecule has 3 aliphatic rings. The molecule has 48 heavy (non-hydrogen) atoms. The molecule has 0 radical (unpaired) electrons. The third kappa shape index (κ3) is 7.48. The molecule has 3 unspecified atom stereocenters. The molecule has 9 nitrogen and oxygen atoms in total. The van der Waals surface area contributed by atoms with Crippen LogP contribution in [-0.4, -0.2) is 69.1 Å². The topological polar surface area (TPSA) is 109 Å². The van der Waals surface area contributed by atoms with Crippen molar-refractivity contribution in [2.24, 2.45) is 34.5 Å². The summed E-state index contributed by atoms with van der Waals surface area (Å²) in [6, 6.07) is -0.109. The molecule has 270 valence electrons. The number of rotatable bonds is 7. The van der Waals surface area contributed by atoms with Crippen LogP contribution < -0.4 is 10.4 Å². The average Bonchev–Trinajstić information content (AvgIpc) is 3.33. The van der Waals surface area contributed by atoms with Crippen molar-refractivity contribution >= 4 is 23.2 Å². The number of aromatic amines is 1. The fraction of sp³-hybridized carbons (Fsp3) is 0.816. The summed E-state index contributed by atoms with van der Waals surface area (Å²) < 4.78 is 14.0. The van der Waals surface area contributed by atoms with Gasteiger partial charge in [-0.15, -0.1) is 11.6 Å². The van der Waals surface area contributed by atoms with Gasteiger partial charge >= 0.3 is 11.7 Å².